The van der Waals surface area contributed by atoms with Crippen molar-refractivity contribution in [2.24, 2.45) is 5.92 Å². The van der Waals surface area contributed by atoms with Crippen LogP contribution in [0.15, 0.2) is 0 Å². The maximum atomic E-state index is 6.48. The predicted octanol–water partition coefficient (Wildman–Crippen LogP) is 8.16. The summed E-state index contributed by atoms with van der Waals surface area (Å²) in [5.41, 5.74) is -0.452. The topological polar surface area (TPSA) is 73.8 Å². The Kier molecular flexibility index (Phi) is 21.2. The van der Waals surface area contributed by atoms with Gasteiger partial charge in [0, 0.05) is 13.0 Å². The third-order valence-corrected chi connectivity index (χ3v) is 5.54. The molecule has 8 heteroatoms. The van der Waals surface area contributed by atoms with E-state index in [2.05, 4.69) is 34.6 Å². The molecule has 0 bridgehead atoms. The van der Waals surface area contributed by atoms with Crippen molar-refractivity contribution in [3.63, 3.8) is 0 Å². The summed E-state index contributed by atoms with van der Waals surface area (Å²) in [6, 6.07) is 0. The quantitative estimate of drug-likeness (QED) is 0.0451. The van der Waals surface area contributed by atoms with Gasteiger partial charge >= 0.3 is 5.97 Å². The van der Waals surface area contributed by atoms with Crippen LogP contribution in [-0.2, 0) is 38.2 Å². The molecule has 3 unspecified atom stereocenters. The fourth-order valence-electron chi connectivity index (χ4n) is 3.90. The van der Waals surface area contributed by atoms with Gasteiger partial charge in [0.25, 0.3) is 5.97 Å². The maximum absolute atomic E-state index is 6.48. The van der Waals surface area contributed by atoms with Crippen LogP contribution in [0.5, 0.6) is 0 Å². The van der Waals surface area contributed by atoms with Crippen molar-refractivity contribution in [2.45, 2.75) is 164 Å². The van der Waals surface area contributed by atoms with Gasteiger partial charge in [-0.2, -0.15) is 4.89 Å². The number of unbranched alkanes of at least 4 members (excludes halogenated alkanes) is 3. The van der Waals surface area contributed by atoms with Gasteiger partial charge in [-0.25, -0.2) is 4.89 Å². The van der Waals surface area contributed by atoms with Crippen molar-refractivity contribution < 1.29 is 38.2 Å². The van der Waals surface area contributed by atoms with E-state index in [0.29, 0.717) is 58.2 Å². The minimum Gasteiger partial charge on any atom is -0.370 e. The van der Waals surface area contributed by atoms with Gasteiger partial charge in [-0.15, -0.1) is 0 Å². The normalized spacial score (nSPS) is 16.5. The molecule has 3 atom stereocenters. The molecule has 0 aliphatic heterocycles. The van der Waals surface area contributed by atoms with Crippen LogP contribution in [0, 0.1) is 5.92 Å². The van der Waals surface area contributed by atoms with Crippen LogP contribution in [0.1, 0.15) is 134 Å². The Morgan fingerprint density at radius 1 is 0.692 bits per heavy atom. The first-order valence-corrected chi connectivity index (χ1v) is 15.6. The molecular weight excluding hydrogens is 500 g/mol. The van der Waals surface area contributed by atoms with E-state index in [1.54, 1.807) is 0 Å². The second kappa shape index (κ2) is 21.4. The zero-order valence-corrected chi connectivity index (χ0v) is 27.4. The van der Waals surface area contributed by atoms with Crippen molar-refractivity contribution in [3.8, 4) is 0 Å². The van der Waals surface area contributed by atoms with E-state index in [0.717, 1.165) is 38.5 Å². The number of ether oxygens (including phenoxy) is 6. The van der Waals surface area contributed by atoms with Gasteiger partial charge in [0.1, 0.15) is 6.10 Å². The molecule has 0 saturated carbocycles. The van der Waals surface area contributed by atoms with E-state index in [9.17, 15) is 0 Å². The van der Waals surface area contributed by atoms with Crippen LogP contribution >= 0.6 is 0 Å². The van der Waals surface area contributed by atoms with E-state index >= 15 is 0 Å². The number of hydrogen-bond acceptors (Lipinski definition) is 8. The zero-order chi connectivity index (χ0) is 29.8. The lowest BCUT2D eigenvalue weighted by Gasteiger charge is -2.41. The average molecular weight is 565 g/mol. The molecule has 0 fully saturated rings. The highest BCUT2D eigenvalue weighted by molar-refractivity contribution is 4.76. The summed E-state index contributed by atoms with van der Waals surface area (Å²) >= 11 is 0. The highest BCUT2D eigenvalue weighted by Gasteiger charge is 2.47. The van der Waals surface area contributed by atoms with Gasteiger partial charge in [0.2, 0.25) is 0 Å². The standard InChI is InChI=1S/C31H64O8/c1-12-16-18-24-36-39-31(34-22-14-3,37-27(7)8)28(32-15-4)20-19-21-30(33-23-17-13-2,35-25-26(5)6)38-29(9,10)11/h26-28H,12-25H2,1-11H3. The summed E-state index contributed by atoms with van der Waals surface area (Å²) in [5, 5.41) is 0. The van der Waals surface area contributed by atoms with Gasteiger partial charge in [-0.1, -0.05) is 53.9 Å². The number of hydrogen-bond donors (Lipinski definition) is 0. The molecule has 0 aliphatic carbocycles. The van der Waals surface area contributed by atoms with Crippen LogP contribution in [0.2, 0.25) is 0 Å². The van der Waals surface area contributed by atoms with E-state index in [1.807, 2.05) is 41.5 Å². The molecule has 0 aromatic heterocycles. The van der Waals surface area contributed by atoms with Gasteiger partial charge < -0.3 is 28.4 Å². The predicted molar refractivity (Wildman–Crippen MR) is 156 cm³/mol. The van der Waals surface area contributed by atoms with Gasteiger partial charge in [0.05, 0.1) is 38.1 Å². The fraction of sp³-hybridized carbons (Fsp3) is 1.00. The lowest BCUT2D eigenvalue weighted by atomic mass is 10.1. The third kappa shape index (κ3) is 18.0. The molecule has 0 spiro atoms. The SMILES string of the molecule is CCCCCOOC(OCCC)(OC(C)C)C(CCCC(OCCCC)(OCC(C)C)OC(C)(C)C)OCC. The van der Waals surface area contributed by atoms with E-state index in [-0.39, 0.29) is 6.10 Å². The Balaban J connectivity index is 5.95. The largest absolute Gasteiger partial charge is 0.370 e. The van der Waals surface area contributed by atoms with E-state index < -0.39 is 23.7 Å². The highest BCUT2D eigenvalue weighted by Crippen LogP contribution is 2.34. The molecule has 0 aromatic carbocycles. The molecule has 0 saturated heterocycles. The molecule has 236 valence electrons. The molecule has 0 heterocycles. The van der Waals surface area contributed by atoms with Crippen LogP contribution in [0.25, 0.3) is 0 Å². The third-order valence-electron chi connectivity index (χ3n) is 5.54. The lowest BCUT2D eigenvalue weighted by molar-refractivity contribution is -0.533. The molecular formula is C31H64O8. The Morgan fingerprint density at radius 2 is 1.38 bits per heavy atom. The monoisotopic (exact) mass is 564 g/mol. The second-order valence-corrected chi connectivity index (χ2v) is 11.9. The molecule has 0 amide bonds. The minimum atomic E-state index is -1.48. The zero-order valence-electron chi connectivity index (χ0n) is 27.4. The van der Waals surface area contributed by atoms with Gasteiger partial charge in [0.15, 0.2) is 0 Å². The molecule has 0 N–H and O–H groups in total. The fourth-order valence-corrected chi connectivity index (χ4v) is 3.90. The van der Waals surface area contributed by atoms with E-state index in [1.165, 1.54) is 0 Å². The van der Waals surface area contributed by atoms with Crippen molar-refractivity contribution in [2.75, 3.05) is 33.0 Å². The van der Waals surface area contributed by atoms with Crippen molar-refractivity contribution in [3.05, 3.63) is 0 Å². The summed E-state index contributed by atoms with van der Waals surface area (Å²) in [5.74, 6) is -2.30. The summed E-state index contributed by atoms with van der Waals surface area (Å²) in [7, 11) is 0. The van der Waals surface area contributed by atoms with Crippen molar-refractivity contribution >= 4 is 0 Å². The molecule has 0 aliphatic rings. The summed E-state index contributed by atoms with van der Waals surface area (Å²) in [6.45, 7) is 25.0. The van der Waals surface area contributed by atoms with Crippen LogP contribution in [-0.4, -0.2) is 62.8 Å². The average Bonchev–Trinajstić information content (AvgIpc) is 2.84. The first-order chi connectivity index (χ1) is 18.4. The van der Waals surface area contributed by atoms with Crippen molar-refractivity contribution in [1.29, 1.82) is 0 Å². The van der Waals surface area contributed by atoms with Crippen molar-refractivity contribution in [1.82, 2.24) is 0 Å². The molecule has 8 nitrogen and oxygen atoms in total. The van der Waals surface area contributed by atoms with Crippen LogP contribution in [0.3, 0.4) is 0 Å². The Hall–Kier alpha value is -0.320. The Bertz CT molecular complexity index is 565. The Morgan fingerprint density at radius 3 is 1.92 bits per heavy atom. The Labute approximate surface area is 241 Å². The van der Waals surface area contributed by atoms with Crippen LogP contribution in [0.4, 0.5) is 0 Å². The lowest BCUT2D eigenvalue weighted by Crippen LogP contribution is -2.53. The summed E-state index contributed by atoms with van der Waals surface area (Å²) < 4.78 is 38.0. The highest BCUT2D eigenvalue weighted by atomic mass is 17.3. The second-order valence-electron chi connectivity index (χ2n) is 11.9. The first kappa shape index (κ1) is 38.7. The maximum Gasteiger partial charge on any atom is 0.339 e. The smallest absolute Gasteiger partial charge is 0.339 e. The van der Waals surface area contributed by atoms with E-state index in [4.69, 9.17) is 38.2 Å². The van der Waals surface area contributed by atoms with Gasteiger partial charge in [-0.3, -0.25) is 0 Å². The van der Waals surface area contributed by atoms with Crippen LogP contribution < -0.4 is 0 Å². The summed E-state index contributed by atoms with van der Waals surface area (Å²) in [6.07, 6.45) is 6.89. The molecule has 0 rings (SSSR count). The van der Waals surface area contributed by atoms with Gasteiger partial charge in [-0.05, 0) is 79.6 Å². The molecule has 0 aromatic rings. The minimum absolute atomic E-state index is 0.167. The summed E-state index contributed by atoms with van der Waals surface area (Å²) in [4.78, 5) is 11.6. The number of rotatable bonds is 26. The molecule has 0 radical (unpaired) electrons. The first-order valence-electron chi connectivity index (χ1n) is 15.6. The molecule has 39 heavy (non-hydrogen) atoms.